The van der Waals surface area contributed by atoms with E-state index >= 15 is 0 Å². The van der Waals surface area contributed by atoms with E-state index in [1.54, 1.807) is 6.07 Å². The number of benzene rings is 1. The Morgan fingerprint density at radius 2 is 2.18 bits per heavy atom. The summed E-state index contributed by atoms with van der Waals surface area (Å²) in [6.07, 6.45) is 1.13. The zero-order valence-corrected chi connectivity index (χ0v) is 13.0. The highest BCUT2D eigenvalue weighted by Gasteiger charge is 2.16. The van der Waals surface area contributed by atoms with Gasteiger partial charge in [0.1, 0.15) is 12.3 Å². The lowest BCUT2D eigenvalue weighted by Crippen LogP contribution is -2.36. The summed E-state index contributed by atoms with van der Waals surface area (Å²) in [6.45, 7) is 6.03. The van der Waals surface area contributed by atoms with Gasteiger partial charge in [0, 0.05) is 32.2 Å². The molecule has 2 N–H and O–H groups in total. The molecule has 2 heterocycles. The van der Waals surface area contributed by atoms with Crippen LogP contribution < -0.4 is 5.32 Å². The normalized spacial score (nSPS) is 16.5. The molecule has 2 aromatic rings. The van der Waals surface area contributed by atoms with Crippen LogP contribution in [0.2, 0.25) is 0 Å². The van der Waals surface area contributed by atoms with Crippen molar-refractivity contribution in [1.29, 1.82) is 0 Å². The second kappa shape index (κ2) is 7.05. The Hall–Kier alpha value is -1.69. The molecule has 0 amide bonds. The molecule has 0 saturated heterocycles. The van der Waals surface area contributed by atoms with Crippen LogP contribution in [0, 0.1) is 0 Å². The lowest BCUT2D eigenvalue weighted by Gasteiger charge is -2.29. The Kier molecular flexibility index (Phi) is 4.87. The number of hydrogen-bond donors (Lipinski definition) is 2. The molecule has 5 heteroatoms. The summed E-state index contributed by atoms with van der Waals surface area (Å²) in [5.74, 6) is 0.510. The van der Waals surface area contributed by atoms with Crippen molar-refractivity contribution in [2.75, 3.05) is 19.6 Å². The highest BCUT2D eigenvalue weighted by atomic mass is 16.5. The first-order valence-electron chi connectivity index (χ1n) is 7.85. The fourth-order valence-corrected chi connectivity index (χ4v) is 2.90. The first-order chi connectivity index (χ1) is 10.8. The van der Waals surface area contributed by atoms with Crippen LogP contribution in [0.1, 0.15) is 35.5 Å². The molecule has 0 radical (unpaired) electrons. The Morgan fingerprint density at radius 3 is 2.95 bits per heavy atom. The topological polar surface area (TPSA) is 61.5 Å². The van der Waals surface area contributed by atoms with Gasteiger partial charge in [-0.15, -0.1) is 0 Å². The van der Waals surface area contributed by atoms with E-state index in [4.69, 9.17) is 9.63 Å². The number of fused-ring (bicyclic) bond motifs is 1. The Morgan fingerprint density at radius 1 is 1.36 bits per heavy atom. The van der Waals surface area contributed by atoms with Crippen LogP contribution in [0.5, 0.6) is 0 Å². The standard InChI is InChI=1S/C17H23N3O2/c1-13(17-10-16(12-21)22-19-17)18-7-9-20-8-6-14-4-2-3-5-15(14)11-20/h2-5,10,13,18,21H,6-9,11-12H2,1H3/t13-/m0/s1. The summed E-state index contributed by atoms with van der Waals surface area (Å²) in [5.41, 5.74) is 3.78. The fraction of sp³-hybridized carbons (Fsp3) is 0.471. The van der Waals surface area contributed by atoms with Gasteiger partial charge in [0.15, 0.2) is 5.76 Å². The molecule has 22 heavy (non-hydrogen) atoms. The van der Waals surface area contributed by atoms with E-state index in [1.165, 1.54) is 11.1 Å². The molecule has 1 aliphatic rings. The highest BCUT2D eigenvalue weighted by Crippen LogP contribution is 2.18. The minimum atomic E-state index is -0.104. The first-order valence-corrected chi connectivity index (χ1v) is 7.85. The third kappa shape index (κ3) is 3.55. The molecular weight excluding hydrogens is 278 g/mol. The van der Waals surface area contributed by atoms with Gasteiger partial charge < -0.3 is 14.9 Å². The van der Waals surface area contributed by atoms with E-state index in [9.17, 15) is 0 Å². The van der Waals surface area contributed by atoms with Gasteiger partial charge in [-0.1, -0.05) is 29.4 Å². The molecule has 0 saturated carbocycles. The summed E-state index contributed by atoms with van der Waals surface area (Å²) in [4.78, 5) is 2.48. The van der Waals surface area contributed by atoms with Gasteiger partial charge in [0.25, 0.3) is 0 Å². The van der Waals surface area contributed by atoms with Crippen molar-refractivity contribution in [1.82, 2.24) is 15.4 Å². The number of nitrogens with zero attached hydrogens (tertiary/aromatic N) is 2. The van der Waals surface area contributed by atoms with Crippen LogP contribution >= 0.6 is 0 Å². The maximum absolute atomic E-state index is 9.00. The molecule has 1 aliphatic heterocycles. The average molecular weight is 301 g/mol. The van der Waals surface area contributed by atoms with Crippen molar-refractivity contribution in [3.63, 3.8) is 0 Å². The number of rotatable bonds is 6. The third-order valence-electron chi connectivity index (χ3n) is 4.26. The average Bonchev–Trinajstić information content (AvgIpc) is 3.04. The summed E-state index contributed by atoms with van der Waals surface area (Å²) in [7, 11) is 0. The number of aliphatic hydroxyl groups excluding tert-OH is 1. The minimum Gasteiger partial charge on any atom is -0.388 e. The van der Waals surface area contributed by atoms with Crippen LogP contribution in [0.4, 0.5) is 0 Å². The second-order valence-corrected chi connectivity index (χ2v) is 5.85. The lowest BCUT2D eigenvalue weighted by atomic mass is 10.00. The van der Waals surface area contributed by atoms with Crippen LogP contribution in [-0.4, -0.2) is 34.8 Å². The van der Waals surface area contributed by atoms with Crippen molar-refractivity contribution in [3.8, 4) is 0 Å². The SMILES string of the molecule is C[C@H](NCCN1CCc2ccccc2C1)c1cc(CO)on1. The zero-order valence-electron chi connectivity index (χ0n) is 13.0. The molecule has 3 rings (SSSR count). The molecule has 1 atom stereocenters. The molecule has 118 valence electrons. The highest BCUT2D eigenvalue weighted by molar-refractivity contribution is 5.29. The number of hydrogen-bond acceptors (Lipinski definition) is 5. The molecule has 1 aromatic heterocycles. The molecule has 0 unspecified atom stereocenters. The Balaban J connectivity index is 1.45. The zero-order chi connectivity index (χ0) is 15.4. The predicted octanol–water partition coefficient (Wildman–Crippen LogP) is 1.88. The van der Waals surface area contributed by atoms with E-state index in [0.717, 1.165) is 38.3 Å². The van der Waals surface area contributed by atoms with E-state index < -0.39 is 0 Å². The maximum atomic E-state index is 9.00. The second-order valence-electron chi connectivity index (χ2n) is 5.85. The van der Waals surface area contributed by atoms with Crippen molar-refractivity contribution >= 4 is 0 Å². The van der Waals surface area contributed by atoms with Gasteiger partial charge in [-0.2, -0.15) is 0 Å². The number of nitrogens with one attached hydrogen (secondary N) is 1. The van der Waals surface area contributed by atoms with Crippen molar-refractivity contribution in [3.05, 3.63) is 52.9 Å². The largest absolute Gasteiger partial charge is 0.388 e. The number of aliphatic hydroxyl groups is 1. The van der Waals surface area contributed by atoms with Crippen LogP contribution in [0.3, 0.4) is 0 Å². The molecule has 0 aliphatic carbocycles. The van der Waals surface area contributed by atoms with Gasteiger partial charge in [-0.05, 0) is 24.5 Å². The molecule has 0 spiro atoms. The van der Waals surface area contributed by atoms with Crippen LogP contribution in [0.15, 0.2) is 34.9 Å². The number of aromatic nitrogens is 1. The van der Waals surface area contributed by atoms with Crippen molar-refractivity contribution in [2.45, 2.75) is 32.5 Å². The first kappa shape index (κ1) is 15.2. The minimum absolute atomic E-state index is 0.104. The van der Waals surface area contributed by atoms with Crippen LogP contribution in [0.25, 0.3) is 0 Å². The van der Waals surface area contributed by atoms with Gasteiger partial charge in [0.2, 0.25) is 0 Å². The molecule has 0 fully saturated rings. The quantitative estimate of drug-likeness (QED) is 0.853. The van der Waals surface area contributed by atoms with E-state index in [1.807, 2.05) is 0 Å². The third-order valence-corrected chi connectivity index (χ3v) is 4.26. The van der Waals surface area contributed by atoms with E-state index in [0.29, 0.717) is 5.76 Å². The van der Waals surface area contributed by atoms with Crippen LogP contribution in [-0.2, 0) is 19.6 Å². The van der Waals surface area contributed by atoms with Gasteiger partial charge >= 0.3 is 0 Å². The van der Waals surface area contributed by atoms with E-state index in [-0.39, 0.29) is 12.6 Å². The summed E-state index contributed by atoms with van der Waals surface area (Å²) in [6, 6.07) is 10.6. The van der Waals surface area contributed by atoms with Crippen molar-refractivity contribution < 1.29 is 9.63 Å². The monoisotopic (exact) mass is 301 g/mol. The van der Waals surface area contributed by atoms with Gasteiger partial charge in [-0.25, -0.2) is 0 Å². The molecular formula is C17H23N3O2. The Labute approximate surface area is 130 Å². The summed E-state index contributed by atoms with van der Waals surface area (Å²) < 4.78 is 5.02. The Bertz CT molecular complexity index is 611. The predicted molar refractivity (Wildman–Crippen MR) is 84.3 cm³/mol. The van der Waals surface area contributed by atoms with Gasteiger partial charge in [0.05, 0.1) is 6.04 Å². The molecule has 0 bridgehead atoms. The smallest absolute Gasteiger partial charge is 0.162 e. The maximum Gasteiger partial charge on any atom is 0.162 e. The summed E-state index contributed by atoms with van der Waals surface area (Å²) >= 11 is 0. The van der Waals surface area contributed by atoms with E-state index in [2.05, 4.69) is 46.6 Å². The van der Waals surface area contributed by atoms with Crippen molar-refractivity contribution in [2.24, 2.45) is 0 Å². The fourth-order valence-electron chi connectivity index (χ4n) is 2.90. The summed E-state index contributed by atoms with van der Waals surface area (Å²) in [5, 5.41) is 16.4. The molecule has 1 aromatic carbocycles. The lowest BCUT2D eigenvalue weighted by molar-refractivity contribution is 0.227. The molecule has 5 nitrogen and oxygen atoms in total. The van der Waals surface area contributed by atoms with Gasteiger partial charge in [-0.3, -0.25) is 4.90 Å².